The summed E-state index contributed by atoms with van der Waals surface area (Å²) in [6, 6.07) is 18.3. The highest BCUT2D eigenvalue weighted by atomic mass is 15.1. The highest BCUT2D eigenvalue weighted by Crippen LogP contribution is 2.50. The Morgan fingerprint density at radius 2 is 1.75 bits per heavy atom. The van der Waals surface area contributed by atoms with Gasteiger partial charge in [-0.05, 0) is 85.4 Å². The Bertz CT molecular complexity index is 1050. The first-order valence-electron chi connectivity index (χ1n) is 12.5. The summed E-state index contributed by atoms with van der Waals surface area (Å²) in [4.78, 5) is 2.38. The van der Waals surface area contributed by atoms with E-state index in [4.69, 9.17) is 0 Å². The summed E-state index contributed by atoms with van der Waals surface area (Å²) < 4.78 is 0. The van der Waals surface area contributed by atoms with E-state index in [9.17, 15) is 0 Å². The van der Waals surface area contributed by atoms with Crippen molar-refractivity contribution in [1.29, 1.82) is 0 Å². The largest absolute Gasteiger partial charge is 0.321 e. The van der Waals surface area contributed by atoms with Crippen molar-refractivity contribution in [3.8, 4) is 0 Å². The van der Waals surface area contributed by atoms with Gasteiger partial charge in [0.05, 0.1) is 0 Å². The Morgan fingerprint density at radius 1 is 1.03 bits per heavy atom. The molecule has 32 heavy (non-hydrogen) atoms. The maximum absolute atomic E-state index is 2.38. The molecule has 1 aliphatic carbocycles. The Kier molecular flexibility index (Phi) is 6.74. The molecule has 0 aromatic heterocycles. The molecule has 168 valence electrons. The van der Waals surface area contributed by atoms with Crippen molar-refractivity contribution in [3.05, 3.63) is 94.3 Å². The van der Waals surface area contributed by atoms with Gasteiger partial charge in [-0.15, -0.1) is 0 Å². The van der Waals surface area contributed by atoms with Crippen molar-refractivity contribution in [1.82, 2.24) is 0 Å². The van der Waals surface area contributed by atoms with Crippen LogP contribution in [0.3, 0.4) is 0 Å². The minimum Gasteiger partial charge on any atom is -0.321 e. The molecule has 1 heteroatoms. The standard InChI is InChI=1S/C31H39N/c1-7-11-27-20-30(27)26-16-14-25(15-17-26)28(21(3)8-2)18-19-32-24(6)22(4)23(5)29-12-9-10-13-31(29)32/h9-10,12-19,23,27,30H,7-8,11,20H2,1-6H3. The van der Waals surface area contributed by atoms with Crippen LogP contribution in [0.2, 0.25) is 0 Å². The molecule has 3 unspecified atom stereocenters. The van der Waals surface area contributed by atoms with Gasteiger partial charge >= 0.3 is 0 Å². The summed E-state index contributed by atoms with van der Waals surface area (Å²) in [6.45, 7) is 13.7. The number of allylic oxidation sites excluding steroid dienone is 5. The van der Waals surface area contributed by atoms with Crippen LogP contribution in [-0.2, 0) is 0 Å². The monoisotopic (exact) mass is 425 g/mol. The average Bonchev–Trinajstić information content (AvgIpc) is 3.59. The maximum Gasteiger partial charge on any atom is 0.0490 e. The van der Waals surface area contributed by atoms with Gasteiger partial charge in [0.25, 0.3) is 0 Å². The van der Waals surface area contributed by atoms with E-state index < -0.39 is 0 Å². The molecular weight excluding hydrogens is 386 g/mol. The molecule has 0 N–H and O–H groups in total. The molecule has 0 radical (unpaired) electrons. The maximum atomic E-state index is 2.38. The highest BCUT2D eigenvalue weighted by molar-refractivity contribution is 5.78. The first-order valence-corrected chi connectivity index (χ1v) is 12.5. The molecular formula is C31H39N. The molecule has 0 spiro atoms. The van der Waals surface area contributed by atoms with Crippen molar-refractivity contribution < 1.29 is 0 Å². The van der Waals surface area contributed by atoms with Crippen molar-refractivity contribution >= 4 is 11.3 Å². The normalized spacial score (nSPS) is 23.4. The third-order valence-electron chi connectivity index (χ3n) is 7.86. The van der Waals surface area contributed by atoms with Gasteiger partial charge in [0.1, 0.15) is 0 Å². The van der Waals surface area contributed by atoms with Crippen LogP contribution < -0.4 is 4.90 Å². The summed E-state index contributed by atoms with van der Waals surface area (Å²) in [5, 5.41) is 0. The average molecular weight is 426 g/mol. The van der Waals surface area contributed by atoms with Crippen LogP contribution in [0.4, 0.5) is 5.69 Å². The van der Waals surface area contributed by atoms with Crippen molar-refractivity contribution in [2.45, 2.75) is 79.1 Å². The van der Waals surface area contributed by atoms with Gasteiger partial charge in [-0.2, -0.15) is 0 Å². The first kappa shape index (κ1) is 22.6. The minimum atomic E-state index is 0.467. The van der Waals surface area contributed by atoms with E-state index in [1.807, 2.05) is 0 Å². The molecule has 1 saturated carbocycles. The summed E-state index contributed by atoms with van der Waals surface area (Å²) >= 11 is 0. The lowest BCUT2D eigenvalue weighted by atomic mass is 9.87. The molecule has 0 amide bonds. The Labute approximate surface area is 195 Å². The third-order valence-corrected chi connectivity index (χ3v) is 7.86. The summed E-state index contributed by atoms with van der Waals surface area (Å²) in [6.07, 6.45) is 9.72. The first-order chi connectivity index (χ1) is 15.5. The van der Waals surface area contributed by atoms with E-state index in [1.165, 1.54) is 64.1 Å². The summed E-state index contributed by atoms with van der Waals surface area (Å²) in [7, 11) is 0. The topological polar surface area (TPSA) is 3.24 Å². The van der Waals surface area contributed by atoms with Crippen LogP contribution in [0.25, 0.3) is 5.57 Å². The molecule has 1 nitrogen and oxygen atoms in total. The van der Waals surface area contributed by atoms with E-state index in [0.29, 0.717) is 5.92 Å². The second kappa shape index (κ2) is 9.53. The van der Waals surface area contributed by atoms with Gasteiger partial charge in [-0.25, -0.2) is 0 Å². The Morgan fingerprint density at radius 3 is 2.44 bits per heavy atom. The second-order valence-corrected chi connectivity index (χ2v) is 9.80. The number of rotatable bonds is 7. The highest BCUT2D eigenvalue weighted by Gasteiger charge is 2.36. The fourth-order valence-corrected chi connectivity index (χ4v) is 5.26. The lowest BCUT2D eigenvalue weighted by Crippen LogP contribution is -2.23. The second-order valence-electron chi connectivity index (χ2n) is 9.80. The van der Waals surface area contributed by atoms with Crippen molar-refractivity contribution in [2.24, 2.45) is 5.92 Å². The smallest absolute Gasteiger partial charge is 0.0490 e. The van der Waals surface area contributed by atoms with Crippen LogP contribution in [-0.4, -0.2) is 0 Å². The van der Waals surface area contributed by atoms with E-state index in [-0.39, 0.29) is 0 Å². The van der Waals surface area contributed by atoms with Gasteiger partial charge in [-0.3, -0.25) is 0 Å². The molecule has 1 heterocycles. The quantitative estimate of drug-likeness (QED) is 0.400. The molecule has 0 saturated heterocycles. The van der Waals surface area contributed by atoms with Crippen LogP contribution in [0.1, 0.15) is 95.8 Å². The number of benzene rings is 2. The van der Waals surface area contributed by atoms with Gasteiger partial charge in [-0.1, -0.05) is 81.7 Å². The predicted octanol–water partition coefficient (Wildman–Crippen LogP) is 9.21. The van der Waals surface area contributed by atoms with Gasteiger partial charge in [0.2, 0.25) is 0 Å². The zero-order valence-electron chi connectivity index (χ0n) is 20.8. The zero-order chi connectivity index (χ0) is 22.8. The van der Waals surface area contributed by atoms with Crippen LogP contribution in [0.5, 0.6) is 0 Å². The molecule has 2 aromatic carbocycles. The molecule has 0 bridgehead atoms. The lowest BCUT2D eigenvalue weighted by molar-refractivity contribution is 0.687. The molecule has 2 aliphatic rings. The Hall–Kier alpha value is -2.54. The fourth-order valence-electron chi connectivity index (χ4n) is 5.26. The summed E-state index contributed by atoms with van der Waals surface area (Å²) in [5.74, 6) is 2.18. The predicted molar refractivity (Wildman–Crippen MR) is 140 cm³/mol. The van der Waals surface area contributed by atoms with Gasteiger partial charge in [0.15, 0.2) is 0 Å². The SMILES string of the molecule is CCCC1CC1c1ccc(C(C=CN2C(C)=C(C)C(C)c3ccccc32)=C(C)CC)cc1. The van der Waals surface area contributed by atoms with Crippen molar-refractivity contribution in [3.63, 3.8) is 0 Å². The Balaban J connectivity index is 1.63. The van der Waals surface area contributed by atoms with Gasteiger partial charge < -0.3 is 4.90 Å². The molecule has 3 atom stereocenters. The number of para-hydroxylation sites is 1. The minimum absolute atomic E-state index is 0.467. The number of hydrogen-bond donors (Lipinski definition) is 0. The molecule has 4 rings (SSSR count). The van der Waals surface area contributed by atoms with E-state index in [2.05, 4.69) is 107 Å². The van der Waals surface area contributed by atoms with Crippen molar-refractivity contribution in [2.75, 3.05) is 4.90 Å². The number of hydrogen-bond acceptors (Lipinski definition) is 1. The fraction of sp³-hybridized carbons (Fsp3) is 0.419. The van der Waals surface area contributed by atoms with E-state index in [1.54, 1.807) is 0 Å². The molecule has 1 fully saturated rings. The molecule has 1 aliphatic heterocycles. The molecule has 2 aromatic rings. The van der Waals surface area contributed by atoms with Crippen LogP contribution >= 0.6 is 0 Å². The summed E-state index contributed by atoms with van der Waals surface area (Å²) in [5.41, 5.74) is 11.1. The number of fused-ring (bicyclic) bond motifs is 1. The number of nitrogens with zero attached hydrogens (tertiary/aromatic N) is 1. The van der Waals surface area contributed by atoms with Gasteiger partial charge in [0, 0.05) is 23.5 Å². The van der Waals surface area contributed by atoms with E-state index >= 15 is 0 Å². The van der Waals surface area contributed by atoms with Crippen LogP contribution in [0.15, 0.2) is 77.7 Å². The van der Waals surface area contributed by atoms with Crippen LogP contribution in [0, 0.1) is 5.92 Å². The number of anilines is 1. The third kappa shape index (κ3) is 4.35. The van der Waals surface area contributed by atoms with E-state index in [0.717, 1.165) is 18.3 Å². The zero-order valence-corrected chi connectivity index (χ0v) is 20.8. The lowest BCUT2D eigenvalue weighted by Gasteiger charge is -2.34.